The fourth-order valence-electron chi connectivity index (χ4n) is 2.40. The van der Waals surface area contributed by atoms with Crippen molar-refractivity contribution in [3.8, 4) is 0 Å². The molecule has 0 bridgehead atoms. The van der Waals surface area contributed by atoms with Gasteiger partial charge in [-0.15, -0.1) is 0 Å². The van der Waals surface area contributed by atoms with E-state index in [9.17, 15) is 18.3 Å². The topological polar surface area (TPSA) is 20.2 Å². The van der Waals surface area contributed by atoms with E-state index in [0.717, 1.165) is 43.4 Å². The maximum absolute atomic E-state index is 12.3. The fraction of sp³-hybridized carbons (Fsp3) is 0.538. The second-order valence-electron chi connectivity index (χ2n) is 4.73. The van der Waals surface area contributed by atoms with E-state index in [2.05, 4.69) is 0 Å². The highest BCUT2D eigenvalue weighted by atomic mass is 19.4. The SMILES string of the molecule is OC1CCC(Cc2ccc(C(F)(F)F)cc2)C1. The van der Waals surface area contributed by atoms with Crippen molar-refractivity contribution in [1.29, 1.82) is 0 Å². The average molecular weight is 244 g/mol. The average Bonchev–Trinajstić information content (AvgIpc) is 2.63. The van der Waals surface area contributed by atoms with Crippen LogP contribution in [0, 0.1) is 5.92 Å². The van der Waals surface area contributed by atoms with E-state index >= 15 is 0 Å². The second-order valence-corrected chi connectivity index (χ2v) is 4.73. The van der Waals surface area contributed by atoms with Crippen LogP contribution in [0.2, 0.25) is 0 Å². The number of aliphatic hydroxyl groups is 1. The number of hydrogen-bond donors (Lipinski definition) is 1. The molecule has 0 heterocycles. The number of benzene rings is 1. The molecule has 0 aliphatic heterocycles. The predicted molar refractivity (Wildman–Crippen MR) is 58.5 cm³/mol. The van der Waals surface area contributed by atoms with Gasteiger partial charge in [0.2, 0.25) is 0 Å². The van der Waals surface area contributed by atoms with E-state index in [1.54, 1.807) is 0 Å². The van der Waals surface area contributed by atoms with Crippen molar-refractivity contribution < 1.29 is 18.3 Å². The third-order valence-electron chi connectivity index (χ3n) is 3.32. The first-order chi connectivity index (χ1) is 7.95. The van der Waals surface area contributed by atoms with E-state index in [0.29, 0.717) is 5.92 Å². The molecule has 1 aromatic carbocycles. The van der Waals surface area contributed by atoms with Crippen molar-refractivity contribution in [2.75, 3.05) is 0 Å². The molecule has 17 heavy (non-hydrogen) atoms. The molecule has 1 aliphatic carbocycles. The zero-order valence-electron chi connectivity index (χ0n) is 9.37. The zero-order chi connectivity index (χ0) is 12.5. The van der Waals surface area contributed by atoms with Crippen LogP contribution in [0.3, 0.4) is 0 Å². The van der Waals surface area contributed by atoms with Gasteiger partial charge in [-0.2, -0.15) is 13.2 Å². The summed E-state index contributed by atoms with van der Waals surface area (Å²) in [5.74, 6) is 0.404. The summed E-state index contributed by atoms with van der Waals surface area (Å²) in [6.45, 7) is 0. The van der Waals surface area contributed by atoms with E-state index in [1.165, 1.54) is 12.1 Å². The smallest absolute Gasteiger partial charge is 0.393 e. The molecule has 0 saturated heterocycles. The normalized spacial score (nSPS) is 25.2. The first kappa shape index (κ1) is 12.4. The van der Waals surface area contributed by atoms with Crippen molar-refractivity contribution in [1.82, 2.24) is 0 Å². The van der Waals surface area contributed by atoms with Gasteiger partial charge in [-0.3, -0.25) is 0 Å². The van der Waals surface area contributed by atoms with Crippen LogP contribution in [0.15, 0.2) is 24.3 Å². The molecule has 94 valence electrons. The fourth-order valence-corrected chi connectivity index (χ4v) is 2.40. The highest BCUT2D eigenvalue weighted by Gasteiger charge is 2.30. The number of rotatable bonds is 2. The van der Waals surface area contributed by atoms with Gasteiger partial charge in [0.1, 0.15) is 0 Å². The molecule has 0 spiro atoms. The van der Waals surface area contributed by atoms with Crippen molar-refractivity contribution in [3.05, 3.63) is 35.4 Å². The first-order valence-corrected chi connectivity index (χ1v) is 5.79. The zero-order valence-corrected chi connectivity index (χ0v) is 9.37. The Bertz CT molecular complexity index is 369. The predicted octanol–water partition coefficient (Wildman–Crippen LogP) is 3.41. The molecule has 2 rings (SSSR count). The second kappa shape index (κ2) is 4.69. The van der Waals surface area contributed by atoms with Crippen LogP contribution in [0.25, 0.3) is 0 Å². The minimum Gasteiger partial charge on any atom is -0.393 e. The number of aliphatic hydroxyl groups excluding tert-OH is 1. The molecule has 0 radical (unpaired) electrons. The largest absolute Gasteiger partial charge is 0.416 e. The summed E-state index contributed by atoms with van der Waals surface area (Å²) in [5.41, 5.74) is 0.310. The van der Waals surface area contributed by atoms with Crippen LogP contribution in [-0.2, 0) is 12.6 Å². The molecular formula is C13H15F3O. The van der Waals surface area contributed by atoms with Gasteiger partial charge in [-0.25, -0.2) is 0 Å². The van der Waals surface area contributed by atoms with Gasteiger partial charge in [-0.1, -0.05) is 12.1 Å². The summed E-state index contributed by atoms with van der Waals surface area (Å²) in [5, 5.41) is 9.38. The maximum Gasteiger partial charge on any atom is 0.416 e. The quantitative estimate of drug-likeness (QED) is 0.845. The number of halogens is 3. The minimum absolute atomic E-state index is 0.227. The Morgan fingerprint density at radius 3 is 2.24 bits per heavy atom. The summed E-state index contributed by atoms with van der Waals surface area (Å²) in [6.07, 6.45) is -1.19. The van der Waals surface area contributed by atoms with Crippen LogP contribution in [0.4, 0.5) is 13.2 Å². The summed E-state index contributed by atoms with van der Waals surface area (Å²) in [6, 6.07) is 5.32. The molecule has 1 N–H and O–H groups in total. The number of hydrogen-bond acceptors (Lipinski definition) is 1. The number of alkyl halides is 3. The van der Waals surface area contributed by atoms with Crippen molar-refractivity contribution in [3.63, 3.8) is 0 Å². The van der Waals surface area contributed by atoms with Crippen LogP contribution in [-0.4, -0.2) is 11.2 Å². The highest BCUT2D eigenvalue weighted by molar-refractivity contribution is 5.25. The van der Waals surface area contributed by atoms with Gasteiger partial charge >= 0.3 is 6.18 Å². The van der Waals surface area contributed by atoms with Crippen LogP contribution in [0.5, 0.6) is 0 Å². The molecule has 2 unspecified atom stereocenters. The minimum atomic E-state index is -4.26. The van der Waals surface area contributed by atoms with Crippen LogP contribution in [0.1, 0.15) is 30.4 Å². The molecule has 4 heteroatoms. The third-order valence-corrected chi connectivity index (χ3v) is 3.32. The van der Waals surface area contributed by atoms with Crippen molar-refractivity contribution in [2.45, 2.75) is 38.0 Å². The van der Waals surface area contributed by atoms with Crippen molar-refractivity contribution in [2.24, 2.45) is 5.92 Å². The van der Waals surface area contributed by atoms with Gasteiger partial charge in [0.05, 0.1) is 11.7 Å². The Balaban J connectivity index is 1.99. The van der Waals surface area contributed by atoms with E-state index in [4.69, 9.17) is 0 Å². The summed E-state index contributed by atoms with van der Waals surface area (Å²) in [7, 11) is 0. The van der Waals surface area contributed by atoms with Gasteiger partial charge in [0.15, 0.2) is 0 Å². The van der Waals surface area contributed by atoms with Gasteiger partial charge < -0.3 is 5.11 Å². The molecular weight excluding hydrogens is 229 g/mol. The Morgan fingerprint density at radius 2 is 1.76 bits per heavy atom. The van der Waals surface area contributed by atoms with E-state index in [1.807, 2.05) is 0 Å². The molecule has 1 nitrogen and oxygen atoms in total. The molecule has 2 atom stereocenters. The lowest BCUT2D eigenvalue weighted by atomic mass is 9.97. The van der Waals surface area contributed by atoms with Crippen LogP contribution >= 0.6 is 0 Å². The molecule has 1 aromatic rings. The lowest BCUT2D eigenvalue weighted by molar-refractivity contribution is -0.137. The first-order valence-electron chi connectivity index (χ1n) is 5.79. The maximum atomic E-state index is 12.3. The molecule has 1 fully saturated rings. The van der Waals surface area contributed by atoms with E-state index in [-0.39, 0.29) is 6.10 Å². The van der Waals surface area contributed by atoms with Crippen LogP contribution < -0.4 is 0 Å². The Hall–Kier alpha value is -1.03. The van der Waals surface area contributed by atoms with Gasteiger partial charge in [0, 0.05) is 0 Å². The summed E-state index contributed by atoms with van der Waals surface area (Å²) in [4.78, 5) is 0. The molecule has 0 aromatic heterocycles. The third kappa shape index (κ3) is 3.22. The lowest BCUT2D eigenvalue weighted by Gasteiger charge is -2.11. The van der Waals surface area contributed by atoms with Gasteiger partial charge in [0.25, 0.3) is 0 Å². The van der Waals surface area contributed by atoms with Gasteiger partial charge in [-0.05, 0) is 49.3 Å². The summed E-state index contributed by atoms with van der Waals surface area (Å²) < 4.78 is 37.0. The standard InChI is InChI=1S/C13H15F3O/c14-13(15,16)11-4-1-9(2-5-11)7-10-3-6-12(17)8-10/h1-2,4-5,10,12,17H,3,6-8H2. The molecule has 1 saturated carbocycles. The highest BCUT2D eigenvalue weighted by Crippen LogP contribution is 2.31. The Kier molecular flexibility index (Phi) is 3.43. The lowest BCUT2D eigenvalue weighted by Crippen LogP contribution is -2.06. The molecule has 1 aliphatic rings. The summed E-state index contributed by atoms with van der Waals surface area (Å²) >= 11 is 0. The van der Waals surface area contributed by atoms with E-state index < -0.39 is 11.7 Å². The Morgan fingerprint density at radius 1 is 1.12 bits per heavy atom. The van der Waals surface area contributed by atoms with Crippen molar-refractivity contribution >= 4 is 0 Å². The molecule has 0 amide bonds. The monoisotopic (exact) mass is 244 g/mol. The Labute approximate surface area is 98.3 Å².